The minimum absolute atomic E-state index is 0.0261. The highest BCUT2D eigenvalue weighted by molar-refractivity contribution is 7.93. The average Bonchev–Trinajstić information content (AvgIpc) is 3.99. The number of halogens is 3. The van der Waals surface area contributed by atoms with Crippen molar-refractivity contribution in [1.29, 1.82) is 0 Å². The summed E-state index contributed by atoms with van der Waals surface area (Å²) in [7, 11) is -3.41. The number of nitrogen functional groups attached to an aromatic ring is 1. The first-order valence-electron chi connectivity index (χ1n) is 21.2. The van der Waals surface area contributed by atoms with Gasteiger partial charge in [-0.3, -0.25) is 48.3 Å². The van der Waals surface area contributed by atoms with Gasteiger partial charge in [0.25, 0.3) is 21.8 Å². The van der Waals surface area contributed by atoms with Crippen LogP contribution in [0.3, 0.4) is 0 Å². The number of pyridine rings is 1. The van der Waals surface area contributed by atoms with Crippen molar-refractivity contribution >= 4 is 67.7 Å². The van der Waals surface area contributed by atoms with E-state index in [0.717, 1.165) is 41.9 Å². The van der Waals surface area contributed by atoms with E-state index in [9.17, 15) is 41.2 Å². The molecular weight excluding hydrogens is 872 g/mol. The van der Waals surface area contributed by atoms with Crippen LogP contribution in [0.15, 0.2) is 55.0 Å². The Balaban J connectivity index is 0.791. The highest BCUT2D eigenvalue weighted by Crippen LogP contribution is 2.39. The van der Waals surface area contributed by atoms with Crippen molar-refractivity contribution < 1.29 is 45.6 Å². The summed E-state index contributed by atoms with van der Waals surface area (Å²) in [5.41, 5.74) is 9.26. The number of anilines is 3. The number of nitrogens with zero attached hydrogens (tertiary/aromatic N) is 8. The van der Waals surface area contributed by atoms with E-state index < -0.39 is 57.0 Å². The maximum atomic E-state index is 15.0. The molecule has 1 unspecified atom stereocenters. The van der Waals surface area contributed by atoms with Gasteiger partial charge in [-0.05, 0) is 68.7 Å². The Kier molecular flexibility index (Phi) is 11.3. The molecule has 18 nitrogen and oxygen atoms in total. The molecule has 3 saturated heterocycles. The first kappa shape index (κ1) is 43.4. The molecule has 0 spiro atoms. The van der Waals surface area contributed by atoms with Crippen LogP contribution in [0.2, 0.25) is 0 Å². The van der Waals surface area contributed by atoms with E-state index in [4.69, 9.17) is 5.73 Å². The van der Waals surface area contributed by atoms with Crippen molar-refractivity contribution in [2.45, 2.75) is 69.2 Å². The molecule has 4 aliphatic rings. The predicted molar refractivity (Wildman–Crippen MR) is 230 cm³/mol. The van der Waals surface area contributed by atoms with Gasteiger partial charge < -0.3 is 15.5 Å². The molecule has 3 aromatic heterocycles. The topological polar surface area (TPSA) is 228 Å². The third-order valence-electron chi connectivity index (χ3n) is 12.9. The predicted octanol–water partition coefficient (Wildman–Crippen LogP) is 4.45. The molecule has 3 fully saturated rings. The van der Waals surface area contributed by atoms with Gasteiger partial charge in [-0.15, -0.1) is 0 Å². The first-order valence-corrected chi connectivity index (χ1v) is 22.8. The maximum Gasteiger partial charge on any atom is 0.355 e. The SMILES string of the molecule is Cn1nc(-c2ccc(NS(=O)(=O)C(F)F)c(F)c2)c2c(N)ncc(-c3cnn(C4CCN(C(=O)CCC5CCN(c6cccc7c6C(=O)N(C6CCC(=O)NC6=O)C7=O)CC5)CC4)c3)c21. The van der Waals surface area contributed by atoms with Crippen molar-refractivity contribution in [3.63, 3.8) is 0 Å². The number of sulfonamides is 1. The van der Waals surface area contributed by atoms with Crippen molar-refractivity contribution in [2.24, 2.45) is 13.0 Å². The number of nitrogens with one attached hydrogen (secondary N) is 2. The van der Waals surface area contributed by atoms with Gasteiger partial charge in [-0.2, -0.15) is 19.0 Å². The van der Waals surface area contributed by atoms with Gasteiger partial charge in [0.05, 0.1) is 45.6 Å². The quantitative estimate of drug-likeness (QED) is 0.156. The molecule has 0 saturated carbocycles. The Morgan fingerprint density at radius 2 is 1.71 bits per heavy atom. The zero-order valence-corrected chi connectivity index (χ0v) is 35.9. The van der Waals surface area contributed by atoms with Crippen molar-refractivity contribution in [1.82, 2.24) is 39.7 Å². The summed E-state index contributed by atoms with van der Waals surface area (Å²) in [6, 6.07) is 7.49. The van der Waals surface area contributed by atoms with Crippen molar-refractivity contribution in [3.05, 3.63) is 71.9 Å². The lowest BCUT2D eigenvalue weighted by Crippen LogP contribution is -2.54. The van der Waals surface area contributed by atoms with Gasteiger partial charge in [0.1, 0.15) is 23.4 Å². The lowest BCUT2D eigenvalue weighted by Gasteiger charge is -2.35. The number of imide groups is 2. The van der Waals surface area contributed by atoms with Crippen LogP contribution >= 0.6 is 0 Å². The molecule has 0 bridgehead atoms. The summed E-state index contributed by atoms with van der Waals surface area (Å²) in [4.78, 5) is 74.0. The lowest BCUT2D eigenvalue weighted by atomic mass is 9.91. The van der Waals surface area contributed by atoms with Crippen LogP contribution in [0.5, 0.6) is 0 Å². The highest BCUT2D eigenvalue weighted by Gasteiger charge is 2.46. The molecular formula is C43H44F3N11O7S. The summed E-state index contributed by atoms with van der Waals surface area (Å²) in [5, 5.41) is 11.9. The maximum absolute atomic E-state index is 15.0. The fourth-order valence-corrected chi connectivity index (χ4v) is 10.0. The molecule has 22 heteroatoms. The largest absolute Gasteiger partial charge is 0.383 e. The number of alkyl halides is 2. The van der Waals surface area contributed by atoms with Gasteiger partial charge in [0.2, 0.25) is 17.7 Å². The van der Waals surface area contributed by atoms with Crippen LogP contribution < -0.4 is 20.7 Å². The van der Waals surface area contributed by atoms with E-state index in [0.29, 0.717) is 73.5 Å². The standard InChI is InChI=1S/C43H44F3N11O7S/c1-53-38-28(21-48-39(47)36(38)37(51-53)24-6-7-30(29(44)19-24)52-65(63,64)43(45)46)25-20-49-56(22-25)26-13-17-55(18-14-26)34(59)10-5-23-11-15-54(16-12-23)31-4-2-3-27-35(31)42(62)57(41(27)61)32-8-9-33(58)50-40(32)60/h2-4,6-7,19-23,26,32,43,52H,5,8-18H2,1H3,(H2,47,48)(H,50,58,60). The highest BCUT2D eigenvalue weighted by atomic mass is 32.2. The normalized spacial score (nSPS) is 18.8. The third kappa shape index (κ3) is 8.03. The Morgan fingerprint density at radius 3 is 2.42 bits per heavy atom. The zero-order valence-electron chi connectivity index (χ0n) is 35.0. The van der Waals surface area contributed by atoms with E-state index in [1.165, 1.54) is 6.07 Å². The second kappa shape index (κ2) is 16.9. The van der Waals surface area contributed by atoms with Gasteiger partial charge >= 0.3 is 5.76 Å². The van der Waals surface area contributed by atoms with E-state index in [1.807, 2.05) is 21.8 Å². The number of hydrogen-bond acceptors (Lipinski definition) is 12. The number of carbonyl (C=O) groups is 5. The van der Waals surface area contributed by atoms with E-state index >= 15 is 4.39 Å². The number of amides is 5. The third-order valence-corrected chi connectivity index (χ3v) is 13.9. The number of aromatic nitrogens is 5. The summed E-state index contributed by atoms with van der Waals surface area (Å²) >= 11 is 0. The molecule has 7 heterocycles. The van der Waals surface area contributed by atoms with Crippen LogP contribution in [0.25, 0.3) is 33.3 Å². The molecule has 5 aromatic rings. The number of rotatable bonds is 11. The lowest BCUT2D eigenvalue weighted by molar-refractivity contribution is -0.136. The summed E-state index contributed by atoms with van der Waals surface area (Å²) in [6.07, 6.45) is 9.45. The minimum Gasteiger partial charge on any atom is -0.383 e. The Morgan fingerprint density at radius 1 is 0.954 bits per heavy atom. The van der Waals surface area contributed by atoms with Crippen LogP contribution in [-0.2, 0) is 31.5 Å². The van der Waals surface area contributed by atoms with Crippen molar-refractivity contribution in [3.8, 4) is 22.4 Å². The second-order valence-electron chi connectivity index (χ2n) is 16.8. The molecule has 2 aromatic carbocycles. The second-order valence-corrected chi connectivity index (χ2v) is 18.4. The number of carbonyl (C=O) groups excluding carboxylic acids is 5. The van der Waals surface area contributed by atoms with E-state index in [1.54, 1.807) is 41.0 Å². The van der Waals surface area contributed by atoms with Gasteiger partial charge in [0.15, 0.2) is 0 Å². The fourth-order valence-electron chi connectivity index (χ4n) is 9.46. The zero-order chi connectivity index (χ0) is 45.9. The number of nitrogens with two attached hydrogens (primary N) is 1. The van der Waals surface area contributed by atoms with Crippen LogP contribution in [0.1, 0.15) is 78.1 Å². The number of likely N-dealkylation sites (tertiary alicyclic amines) is 1. The first-order chi connectivity index (χ1) is 31.1. The summed E-state index contributed by atoms with van der Waals surface area (Å²) in [5.74, 6) is -6.47. The van der Waals surface area contributed by atoms with Crippen LogP contribution in [-0.4, -0.2) is 110 Å². The average molecular weight is 916 g/mol. The van der Waals surface area contributed by atoms with Crippen LogP contribution in [0, 0.1) is 11.7 Å². The number of hydrogen-bond donors (Lipinski definition) is 3. The summed E-state index contributed by atoms with van der Waals surface area (Å²) in [6.45, 7) is 2.41. The fraction of sp³-hybridized carbons (Fsp3) is 0.395. The van der Waals surface area contributed by atoms with Gasteiger partial charge in [-0.1, -0.05) is 12.1 Å². The Hall–Kier alpha value is -6.84. The minimum atomic E-state index is -5.09. The van der Waals surface area contributed by atoms with Gasteiger partial charge in [-0.25, -0.2) is 17.8 Å². The Labute approximate surface area is 370 Å². The molecule has 4 N–H and O–H groups in total. The number of piperidine rings is 3. The number of benzene rings is 2. The number of fused-ring (bicyclic) bond motifs is 2. The molecule has 65 heavy (non-hydrogen) atoms. The molecule has 0 aliphatic carbocycles. The molecule has 0 radical (unpaired) electrons. The molecule has 4 aliphatic heterocycles. The molecule has 340 valence electrons. The smallest absolute Gasteiger partial charge is 0.355 e. The molecule has 9 rings (SSSR count). The van der Waals surface area contributed by atoms with E-state index in [-0.39, 0.29) is 53.0 Å². The van der Waals surface area contributed by atoms with Crippen molar-refractivity contribution in [2.75, 3.05) is 41.5 Å². The number of aryl methyl sites for hydroxylation is 1. The Bertz CT molecular complexity index is 2890. The molecule has 1 atom stereocenters. The van der Waals surface area contributed by atoms with Gasteiger partial charge in [0, 0.05) is 75.2 Å². The van der Waals surface area contributed by atoms with Crippen LogP contribution in [0.4, 0.5) is 30.4 Å². The monoisotopic (exact) mass is 915 g/mol. The van der Waals surface area contributed by atoms with E-state index in [2.05, 4.69) is 25.4 Å². The molecule has 5 amide bonds. The summed E-state index contributed by atoms with van der Waals surface area (Å²) < 4.78 is 69.0.